The Kier molecular flexibility index (Phi) is 5.32. The van der Waals surface area contributed by atoms with Gasteiger partial charge in [-0.25, -0.2) is 0 Å². The van der Waals surface area contributed by atoms with Gasteiger partial charge in [-0.1, -0.05) is 115 Å². The van der Waals surface area contributed by atoms with E-state index in [2.05, 4.69) is 18.2 Å². The van der Waals surface area contributed by atoms with Gasteiger partial charge in [-0.05, 0) is 88.3 Å². The Bertz CT molecular complexity index is 3050. The molecule has 2 heterocycles. The molecule has 0 radical (unpaired) electrons. The number of rotatable bonds is 5. The van der Waals surface area contributed by atoms with Gasteiger partial charge < -0.3 is 13.7 Å². The summed E-state index contributed by atoms with van der Waals surface area (Å²) < 4.78 is 50.7. The fraction of sp³-hybridized carbons (Fsp3) is 0. The Labute approximate surface area is 288 Å². The molecule has 3 heteroatoms. The molecule has 8 aromatic carbocycles. The van der Waals surface area contributed by atoms with Crippen LogP contribution in [0.5, 0.6) is 0 Å². The van der Waals surface area contributed by atoms with Gasteiger partial charge in [0.1, 0.15) is 22.3 Å². The van der Waals surface area contributed by atoms with Gasteiger partial charge in [-0.2, -0.15) is 0 Å². The van der Waals surface area contributed by atoms with Gasteiger partial charge in [0.05, 0.1) is 16.6 Å². The van der Waals surface area contributed by atoms with Gasteiger partial charge in [0.2, 0.25) is 0 Å². The van der Waals surface area contributed by atoms with Crippen LogP contribution in [0, 0.1) is 0 Å². The van der Waals surface area contributed by atoms with Crippen molar-refractivity contribution in [3.05, 3.63) is 176 Å². The SMILES string of the molecule is [2H]c1c([2H])c(N(c2cccc(-c3ccccc3)c2)c2cccc3oc4c5ccccc5ccc4c23)c([2H])c([2H])c1-c1ccc2oc3ccccc3c2c1. The van der Waals surface area contributed by atoms with Crippen molar-refractivity contribution in [1.82, 2.24) is 0 Å². The minimum Gasteiger partial charge on any atom is -0.456 e. The van der Waals surface area contributed by atoms with Crippen LogP contribution in [0.25, 0.3) is 76.9 Å². The lowest BCUT2D eigenvalue weighted by molar-refractivity contribution is 0.669. The van der Waals surface area contributed by atoms with Crippen LogP contribution in [0.3, 0.4) is 0 Å². The Balaban J connectivity index is 1.24. The molecule has 0 N–H and O–H groups in total. The second kappa shape index (κ2) is 11.0. The van der Waals surface area contributed by atoms with Gasteiger partial charge in [-0.3, -0.25) is 0 Å². The highest BCUT2D eigenvalue weighted by Crippen LogP contribution is 2.45. The number of para-hydroxylation sites is 1. The van der Waals surface area contributed by atoms with Gasteiger partial charge in [0.25, 0.3) is 0 Å². The van der Waals surface area contributed by atoms with Crippen LogP contribution < -0.4 is 4.90 Å². The molecule has 0 bridgehead atoms. The van der Waals surface area contributed by atoms with Crippen LogP contribution in [0.1, 0.15) is 5.48 Å². The summed E-state index contributed by atoms with van der Waals surface area (Å²) in [5.74, 6) is 0. The summed E-state index contributed by atoms with van der Waals surface area (Å²) in [7, 11) is 0. The van der Waals surface area contributed by atoms with E-state index >= 15 is 0 Å². The lowest BCUT2D eigenvalue weighted by Crippen LogP contribution is -2.10. The molecule has 0 saturated heterocycles. The van der Waals surface area contributed by atoms with E-state index < -0.39 is 0 Å². The van der Waals surface area contributed by atoms with Crippen LogP contribution in [-0.2, 0) is 0 Å². The van der Waals surface area contributed by atoms with Crippen molar-refractivity contribution >= 4 is 71.7 Å². The maximum Gasteiger partial charge on any atom is 0.143 e. The average molecular weight is 632 g/mol. The summed E-state index contributed by atoms with van der Waals surface area (Å²) in [6.07, 6.45) is 0. The predicted octanol–water partition coefficient (Wildman–Crippen LogP) is 13.4. The first-order valence-electron chi connectivity index (χ1n) is 18.3. The Hall–Kier alpha value is -6.58. The molecule has 0 atom stereocenters. The summed E-state index contributed by atoms with van der Waals surface area (Å²) in [6.45, 7) is 0. The summed E-state index contributed by atoms with van der Waals surface area (Å²) in [5, 5.41) is 5.53. The molecule has 0 amide bonds. The summed E-state index contributed by atoms with van der Waals surface area (Å²) in [4.78, 5) is 1.86. The predicted molar refractivity (Wildman–Crippen MR) is 204 cm³/mol. The van der Waals surface area contributed by atoms with Crippen LogP contribution >= 0.6 is 0 Å². The first-order chi connectivity index (χ1) is 26.0. The van der Waals surface area contributed by atoms with Crippen LogP contribution in [0.2, 0.25) is 0 Å². The monoisotopic (exact) mass is 631 g/mol. The van der Waals surface area contributed by atoms with E-state index in [4.69, 9.17) is 8.83 Å². The molecular weight excluding hydrogens is 599 g/mol. The molecule has 0 aliphatic rings. The first-order valence-corrected chi connectivity index (χ1v) is 16.3. The molecule has 0 saturated carbocycles. The first kappa shape index (κ1) is 23.7. The molecule has 10 aromatic rings. The van der Waals surface area contributed by atoms with Crippen LogP contribution in [0.15, 0.2) is 185 Å². The highest BCUT2D eigenvalue weighted by Gasteiger charge is 2.21. The molecular formula is C46H29NO2. The number of fused-ring (bicyclic) bond motifs is 8. The molecule has 0 spiro atoms. The molecule has 10 rings (SSSR count). The van der Waals surface area contributed by atoms with Gasteiger partial charge in [0, 0.05) is 32.9 Å². The van der Waals surface area contributed by atoms with Gasteiger partial charge in [-0.15, -0.1) is 0 Å². The molecule has 2 aromatic heterocycles. The van der Waals surface area contributed by atoms with Gasteiger partial charge in [0.15, 0.2) is 0 Å². The van der Waals surface area contributed by atoms with Crippen molar-refractivity contribution in [3.63, 3.8) is 0 Å². The van der Waals surface area contributed by atoms with Crippen LogP contribution in [-0.4, -0.2) is 0 Å². The van der Waals surface area contributed by atoms with E-state index in [0.717, 1.165) is 54.6 Å². The van der Waals surface area contributed by atoms with Crippen molar-refractivity contribution in [2.45, 2.75) is 0 Å². The maximum absolute atomic E-state index is 9.60. The number of nitrogens with zero attached hydrogens (tertiary/aromatic N) is 1. The zero-order chi connectivity index (χ0) is 35.8. The third-order valence-corrected chi connectivity index (χ3v) is 9.32. The minimum atomic E-state index is -0.154. The normalized spacial score (nSPS) is 12.8. The van der Waals surface area contributed by atoms with E-state index in [1.54, 1.807) is 6.07 Å². The molecule has 0 unspecified atom stereocenters. The summed E-state index contributed by atoms with van der Waals surface area (Å²) in [6, 6.07) is 48.8. The average Bonchev–Trinajstić information content (AvgIpc) is 3.78. The smallest absolute Gasteiger partial charge is 0.143 e. The second-order valence-electron chi connectivity index (χ2n) is 12.2. The summed E-state index contributed by atoms with van der Waals surface area (Å²) in [5.41, 5.74) is 7.15. The summed E-state index contributed by atoms with van der Waals surface area (Å²) >= 11 is 0. The molecule has 0 fully saturated rings. The maximum atomic E-state index is 9.60. The number of hydrogen-bond donors (Lipinski definition) is 0. The fourth-order valence-electron chi connectivity index (χ4n) is 7.01. The van der Waals surface area contributed by atoms with Crippen molar-refractivity contribution in [3.8, 4) is 22.3 Å². The van der Waals surface area contributed by atoms with E-state index in [1.807, 2.05) is 132 Å². The highest BCUT2D eigenvalue weighted by molar-refractivity contribution is 6.19. The Morgan fingerprint density at radius 1 is 0.408 bits per heavy atom. The number of hydrogen-bond acceptors (Lipinski definition) is 3. The van der Waals surface area contributed by atoms with Crippen molar-refractivity contribution in [1.29, 1.82) is 0 Å². The number of furan rings is 2. The quantitative estimate of drug-likeness (QED) is 0.189. The lowest BCUT2D eigenvalue weighted by atomic mass is 10.0. The number of benzene rings is 8. The molecule has 0 aliphatic heterocycles. The second-order valence-corrected chi connectivity index (χ2v) is 12.2. The topological polar surface area (TPSA) is 29.5 Å². The Morgan fingerprint density at radius 2 is 1.12 bits per heavy atom. The minimum absolute atomic E-state index is 0.132. The third kappa shape index (κ3) is 4.51. The van der Waals surface area contributed by atoms with E-state index in [9.17, 15) is 5.48 Å². The molecule has 49 heavy (non-hydrogen) atoms. The number of anilines is 3. The third-order valence-electron chi connectivity index (χ3n) is 9.32. The molecule has 0 aliphatic carbocycles. The van der Waals surface area contributed by atoms with E-state index in [0.29, 0.717) is 28.1 Å². The van der Waals surface area contributed by atoms with Gasteiger partial charge >= 0.3 is 0 Å². The Morgan fingerprint density at radius 3 is 2.02 bits per heavy atom. The van der Waals surface area contributed by atoms with E-state index in [1.165, 1.54) is 0 Å². The zero-order valence-corrected chi connectivity index (χ0v) is 26.2. The van der Waals surface area contributed by atoms with E-state index in [-0.39, 0.29) is 35.4 Å². The fourth-order valence-corrected chi connectivity index (χ4v) is 7.01. The lowest BCUT2D eigenvalue weighted by Gasteiger charge is -2.27. The highest BCUT2D eigenvalue weighted by atomic mass is 16.3. The molecule has 230 valence electrons. The largest absolute Gasteiger partial charge is 0.456 e. The van der Waals surface area contributed by atoms with Crippen molar-refractivity contribution < 1.29 is 14.3 Å². The zero-order valence-electron chi connectivity index (χ0n) is 30.2. The van der Waals surface area contributed by atoms with Crippen molar-refractivity contribution in [2.75, 3.05) is 4.90 Å². The van der Waals surface area contributed by atoms with Crippen molar-refractivity contribution in [2.24, 2.45) is 0 Å². The molecule has 3 nitrogen and oxygen atoms in total. The standard InChI is InChI=1S/C46H29NO2/c1-2-10-30(11-3-1)33-13-8-14-36(28-33)47(41-17-9-19-44-45(41)39-26-22-32-12-4-5-15-37(32)46(39)49-44)35-24-20-31(21-25-35)34-23-27-43-40(29-34)38-16-6-7-18-42(38)48-43/h1-29H/i20D,21D,24D,25D. The van der Waals surface area contributed by atoms with Crippen LogP contribution in [0.4, 0.5) is 17.1 Å².